The van der Waals surface area contributed by atoms with Crippen LogP contribution in [0, 0.1) is 0 Å². The van der Waals surface area contributed by atoms with Crippen LogP contribution in [0.1, 0.15) is 5.82 Å². The van der Waals surface area contributed by atoms with Crippen molar-refractivity contribution in [3.63, 3.8) is 0 Å². The van der Waals surface area contributed by atoms with Crippen molar-refractivity contribution in [2.75, 3.05) is 5.32 Å². The van der Waals surface area contributed by atoms with Gasteiger partial charge in [-0.25, -0.2) is 9.97 Å². The van der Waals surface area contributed by atoms with Gasteiger partial charge in [0.1, 0.15) is 11.0 Å². The predicted octanol–water partition coefficient (Wildman–Crippen LogP) is 2.21. The van der Waals surface area contributed by atoms with Crippen molar-refractivity contribution in [2.45, 2.75) is 6.54 Å². The number of nitrogens with one attached hydrogen (secondary N) is 2. The molecule has 0 aliphatic carbocycles. The number of rotatable bonds is 3. The first-order valence-corrected chi connectivity index (χ1v) is 5.34. The molecule has 0 atom stereocenters. The fourth-order valence-corrected chi connectivity index (χ4v) is 1.57. The van der Waals surface area contributed by atoms with Gasteiger partial charge in [0.05, 0.1) is 6.54 Å². The maximum atomic E-state index is 5.76. The number of imidazole rings is 1. The largest absolute Gasteiger partial charge is 0.422 e. The van der Waals surface area contributed by atoms with Gasteiger partial charge in [-0.15, -0.1) is 0 Å². The van der Waals surface area contributed by atoms with Crippen LogP contribution in [0.2, 0.25) is 5.15 Å². The summed E-state index contributed by atoms with van der Waals surface area (Å²) >= 11 is 5.76. The quantitative estimate of drug-likeness (QED) is 0.696. The van der Waals surface area contributed by atoms with Crippen molar-refractivity contribution in [3.05, 3.63) is 35.5 Å². The van der Waals surface area contributed by atoms with E-state index in [1.165, 1.54) is 0 Å². The number of H-pyrrole nitrogens is 1. The zero-order chi connectivity index (χ0) is 11.7. The van der Waals surface area contributed by atoms with Crippen LogP contribution in [0.5, 0.6) is 0 Å². The number of pyridine rings is 1. The van der Waals surface area contributed by atoms with Crippen molar-refractivity contribution in [1.82, 2.24) is 19.9 Å². The van der Waals surface area contributed by atoms with Crippen LogP contribution in [0.3, 0.4) is 0 Å². The average molecular weight is 250 g/mol. The smallest absolute Gasteiger partial charge is 0.297 e. The summed E-state index contributed by atoms with van der Waals surface area (Å²) < 4.78 is 5.44. The van der Waals surface area contributed by atoms with Crippen molar-refractivity contribution >= 4 is 28.8 Å². The highest BCUT2D eigenvalue weighted by molar-refractivity contribution is 6.29. The number of hydrogen-bond acceptors (Lipinski definition) is 5. The number of aromatic amines is 1. The van der Waals surface area contributed by atoms with Gasteiger partial charge in [-0.1, -0.05) is 11.6 Å². The van der Waals surface area contributed by atoms with Gasteiger partial charge < -0.3 is 14.7 Å². The molecule has 0 aliphatic rings. The molecule has 86 valence electrons. The van der Waals surface area contributed by atoms with E-state index in [-0.39, 0.29) is 0 Å². The number of fused-ring (bicyclic) bond motifs is 1. The first-order valence-electron chi connectivity index (χ1n) is 4.96. The van der Waals surface area contributed by atoms with Gasteiger partial charge in [0.25, 0.3) is 6.01 Å². The minimum absolute atomic E-state index is 0.392. The van der Waals surface area contributed by atoms with E-state index < -0.39 is 0 Å². The van der Waals surface area contributed by atoms with E-state index in [2.05, 4.69) is 25.3 Å². The monoisotopic (exact) mass is 249 g/mol. The van der Waals surface area contributed by atoms with Crippen LogP contribution < -0.4 is 5.32 Å². The molecule has 0 radical (unpaired) electrons. The van der Waals surface area contributed by atoms with Crippen molar-refractivity contribution < 1.29 is 4.42 Å². The predicted molar refractivity (Wildman–Crippen MR) is 62.7 cm³/mol. The average Bonchev–Trinajstić information content (AvgIpc) is 2.94. The summed E-state index contributed by atoms with van der Waals surface area (Å²) in [6, 6.07) is 3.78. The first kappa shape index (κ1) is 10.1. The number of aromatic nitrogens is 4. The summed E-state index contributed by atoms with van der Waals surface area (Å²) in [5, 5.41) is 3.39. The molecule has 0 aliphatic heterocycles. The highest BCUT2D eigenvalue weighted by Gasteiger charge is 2.07. The molecule has 3 aromatic heterocycles. The number of halogens is 1. The molecule has 17 heavy (non-hydrogen) atoms. The maximum absolute atomic E-state index is 5.76. The van der Waals surface area contributed by atoms with E-state index in [9.17, 15) is 0 Å². The summed E-state index contributed by atoms with van der Waals surface area (Å²) in [5.74, 6) is 0.804. The normalized spacial score (nSPS) is 10.9. The van der Waals surface area contributed by atoms with Crippen molar-refractivity contribution in [3.8, 4) is 0 Å². The molecule has 3 heterocycles. The van der Waals surface area contributed by atoms with Crippen LogP contribution >= 0.6 is 11.6 Å². The third-order valence-corrected chi connectivity index (χ3v) is 2.39. The third kappa shape index (κ3) is 2.07. The Morgan fingerprint density at radius 1 is 1.35 bits per heavy atom. The van der Waals surface area contributed by atoms with Crippen LogP contribution in [-0.4, -0.2) is 19.9 Å². The van der Waals surface area contributed by atoms with Gasteiger partial charge >= 0.3 is 0 Å². The first-order chi connectivity index (χ1) is 8.31. The number of hydrogen-bond donors (Lipinski definition) is 2. The molecule has 3 rings (SSSR count). The lowest BCUT2D eigenvalue weighted by Gasteiger charge is -1.96. The summed E-state index contributed by atoms with van der Waals surface area (Å²) in [6.45, 7) is 0.507. The second kappa shape index (κ2) is 4.06. The Kier molecular flexibility index (Phi) is 2.41. The topological polar surface area (TPSA) is 79.6 Å². The van der Waals surface area contributed by atoms with Gasteiger partial charge in [-0.05, 0) is 12.1 Å². The van der Waals surface area contributed by atoms with E-state index >= 15 is 0 Å². The molecule has 0 aromatic carbocycles. The van der Waals surface area contributed by atoms with Gasteiger partial charge in [0, 0.05) is 12.4 Å². The molecular weight excluding hydrogens is 242 g/mol. The maximum Gasteiger partial charge on any atom is 0.297 e. The molecular formula is C10H8ClN5O. The Bertz CT molecular complexity index is 633. The SMILES string of the molecule is Clc1ccc2oc(NCc3ncc[nH]3)nc2n1. The van der Waals surface area contributed by atoms with Crippen molar-refractivity contribution in [2.24, 2.45) is 0 Å². The summed E-state index contributed by atoms with van der Waals surface area (Å²) in [7, 11) is 0. The van der Waals surface area contributed by atoms with E-state index in [1.54, 1.807) is 24.5 Å². The fraction of sp³-hybridized carbons (Fsp3) is 0.100. The lowest BCUT2D eigenvalue weighted by atomic mass is 10.5. The van der Waals surface area contributed by atoms with Gasteiger partial charge in [-0.3, -0.25) is 0 Å². The van der Waals surface area contributed by atoms with Gasteiger partial charge in [0.15, 0.2) is 5.58 Å². The highest BCUT2D eigenvalue weighted by atomic mass is 35.5. The highest BCUT2D eigenvalue weighted by Crippen LogP contribution is 2.19. The molecule has 0 unspecified atom stereocenters. The minimum Gasteiger partial charge on any atom is -0.422 e. The molecule has 0 amide bonds. The Morgan fingerprint density at radius 3 is 3.12 bits per heavy atom. The van der Waals surface area contributed by atoms with Gasteiger partial charge in [-0.2, -0.15) is 4.98 Å². The summed E-state index contributed by atoms with van der Waals surface area (Å²) in [6.07, 6.45) is 3.44. The van der Waals surface area contributed by atoms with E-state index in [1.807, 2.05) is 0 Å². The lowest BCUT2D eigenvalue weighted by molar-refractivity contribution is 0.613. The molecule has 6 nitrogen and oxygen atoms in total. The Balaban J connectivity index is 1.81. The minimum atomic E-state index is 0.392. The Labute approximate surface area is 101 Å². The third-order valence-electron chi connectivity index (χ3n) is 2.18. The van der Waals surface area contributed by atoms with E-state index in [0.29, 0.717) is 28.9 Å². The van der Waals surface area contributed by atoms with Crippen LogP contribution in [0.4, 0.5) is 6.01 Å². The fourth-order valence-electron chi connectivity index (χ4n) is 1.43. The second-order valence-corrected chi connectivity index (χ2v) is 3.75. The standard InChI is InChI=1S/C10H8ClN5O/c11-7-2-1-6-9(15-7)16-10(17-6)14-5-8-12-3-4-13-8/h1-4H,5H2,(H,12,13)(H,14,15,16). The zero-order valence-electron chi connectivity index (χ0n) is 8.64. The number of oxazole rings is 1. The lowest BCUT2D eigenvalue weighted by Crippen LogP contribution is -2.00. The summed E-state index contributed by atoms with van der Waals surface area (Å²) in [4.78, 5) is 15.2. The molecule has 3 aromatic rings. The number of anilines is 1. The van der Waals surface area contributed by atoms with Gasteiger partial charge in [0.2, 0.25) is 5.65 Å². The van der Waals surface area contributed by atoms with Crippen molar-refractivity contribution in [1.29, 1.82) is 0 Å². The molecule has 7 heteroatoms. The van der Waals surface area contributed by atoms with Crippen LogP contribution in [0.25, 0.3) is 11.2 Å². The van der Waals surface area contributed by atoms with Crippen LogP contribution in [0.15, 0.2) is 28.9 Å². The number of nitrogens with zero attached hydrogens (tertiary/aromatic N) is 3. The zero-order valence-corrected chi connectivity index (χ0v) is 9.40. The molecule has 2 N–H and O–H groups in total. The molecule has 0 fully saturated rings. The van der Waals surface area contributed by atoms with Crippen LogP contribution in [-0.2, 0) is 6.54 Å². The second-order valence-electron chi connectivity index (χ2n) is 3.36. The van der Waals surface area contributed by atoms with E-state index in [4.69, 9.17) is 16.0 Å². The molecule has 0 spiro atoms. The summed E-state index contributed by atoms with van der Waals surface area (Å²) in [5.41, 5.74) is 1.08. The molecule has 0 saturated carbocycles. The molecule has 0 saturated heterocycles. The molecule has 0 bridgehead atoms. The Hall–Kier alpha value is -2.08. The van der Waals surface area contributed by atoms with E-state index in [0.717, 1.165) is 5.82 Å². The Morgan fingerprint density at radius 2 is 2.29 bits per heavy atom.